The number of nitro groups is 1. The minimum absolute atomic E-state index is 0.0705. The quantitative estimate of drug-likeness (QED) is 0.573. The van der Waals surface area contributed by atoms with Gasteiger partial charge < -0.3 is 9.88 Å². The number of aromatic nitrogens is 2. The lowest BCUT2D eigenvalue weighted by Crippen LogP contribution is -2.29. The second-order valence-electron chi connectivity index (χ2n) is 5.90. The van der Waals surface area contributed by atoms with Crippen LogP contribution in [-0.4, -0.2) is 32.7 Å². The summed E-state index contributed by atoms with van der Waals surface area (Å²) < 4.78 is 0. The first-order chi connectivity index (χ1) is 12.4. The second kappa shape index (κ2) is 6.75. The normalized spacial score (nSPS) is 10.7. The number of H-pyrrole nitrogens is 1. The zero-order valence-corrected chi connectivity index (χ0v) is 14.2. The first-order valence-electron chi connectivity index (χ1n) is 7.86. The highest BCUT2D eigenvalue weighted by Gasteiger charge is 2.21. The summed E-state index contributed by atoms with van der Waals surface area (Å²) in [5.41, 5.74) is 0.692. The maximum absolute atomic E-state index is 12.7. The van der Waals surface area contributed by atoms with Crippen molar-refractivity contribution in [1.29, 1.82) is 0 Å². The summed E-state index contributed by atoms with van der Waals surface area (Å²) in [6.45, 7) is 1.61. The smallest absolute Gasteiger partial charge is 0.273 e. The van der Waals surface area contributed by atoms with Crippen molar-refractivity contribution >= 4 is 22.5 Å². The molecular formula is C18H16N4O4. The SMILES string of the molecule is Cc1c(C(=O)N(C)Cc2nc3ccccc3c(=O)[nH]2)cccc1[N+](=O)[O-]. The Morgan fingerprint density at radius 1 is 1.23 bits per heavy atom. The number of hydrogen-bond donors (Lipinski definition) is 1. The van der Waals surface area contributed by atoms with Crippen molar-refractivity contribution in [2.45, 2.75) is 13.5 Å². The molecule has 3 aromatic rings. The minimum atomic E-state index is -0.519. The number of hydrogen-bond acceptors (Lipinski definition) is 5. The molecule has 0 atom stereocenters. The molecule has 0 saturated heterocycles. The fraction of sp³-hybridized carbons (Fsp3) is 0.167. The van der Waals surface area contributed by atoms with Gasteiger partial charge in [0.1, 0.15) is 5.82 Å². The number of para-hydroxylation sites is 1. The van der Waals surface area contributed by atoms with Crippen LogP contribution in [0.3, 0.4) is 0 Å². The number of nitrogens with zero attached hydrogens (tertiary/aromatic N) is 3. The Bertz CT molecular complexity index is 1070. The van der Waals surface area contributed by atoms with Crippen LogP contribution in [0, 0.1) is 17.0 Å². The molecule has 132 valence electrons. The van der Waals surface area contributed by atoms with E-state index >= 15 is 0 Å². The Morgan fingerprint density at radius 3 is 2.69 bits per heavy atom. The topological polar surface area (TPSA) is 109 Å². The van der Waals surface area contributed by atoms with Gasteiger partial charge in [0, 0.05) is 24.2 Å². The highest BCUT2D eigenvalue weighted by atomic mass is 16.6. The van der Waals surface area contributed by atoms with Gasteiger partial charge in [0.15, 0.2) is 0 Å². The molecule has 3 rings (SSSR count). The summed E-state index contributed by atoms with van der Waals surface area (Å²) in [5, 5.41) is 11.5. The van der Waals surface area contributed by atoms with Crippen molar-refractivity contribution in [2.75, 3.05) is 7.05 Å². The Morgan fingerprint density at radius 2 is 1.96 bits per heavy atom. The molecule has 8 heteroatoms. The molecule has 0 unspecified atom stereocenters. The van der Waals surface area contributed by atoms with Crippen LogP contribution >= 0.6 is 0 Å². The molecule has 8 nitrogen and oxygen atoms in total. The van der Waals surface area contributed by atoms with E-state index in [1.807, 2.05) is 0 Å². The van der Waals surface area contributed by atoms with E-state index in [4.69, 9.17) is 0 Å². The summed E-state index contributed by atoms with van der Waals surface area (Å²) in [7, 11) is 1.55. The molecule has 2 aromatic carbocycles. The molecule has 0 aliphatic rings. The number of nitrogens with one attached hydrogen (secondary N) is 1. The van der Waals surface area contributed by atoms with Gasteiger partial charge >= 0.3 is 0 Å². The van der Waals surface area contributed by atoms with Crippen LogP contribution in [0.2, 0.25) is 0 Å². The van der Waals surface area contributed by atoms with E-state index in [1.54, 1.807) is 31.3 Å². The Balaban J connectivity index is 1.90. The summed E-state index contributed by atoms with van der Waals surface area (Å²) in [6, 6.07) is 11.3. The Kier molecular flexibility index (Phi) is 4.49. The number of nitro benzene ring substituents is 1. The molecule has 1 heterocycles. The Labute approximate surface area is 148 Å². The molecule has 1 N–H and O–H groups in total. The molecule has 1 amide bonds. The highest BCUT2D eigenvalue weighted by molar-refractivity contribution is 5.96. The van der Waals surface area contributed by atoms with Gasteiger partial charge in [-0.1, -0.05) is 18.2 Å². The van der Waals surface area contributed by atoms with Crippen molar-refractivity contribution in [2.24, 2.45) is 0 Å². The molecule has 0 aliphatic heterocycles. The molecule has 0 saturated carbocycles. The number of fused-ring (bicyclic) bond motifs is 1. The van der Waals surface area contributed by atoms with Crippen molar-refractivity contribution in [3.8, 4) is 0 Å². The van der Waals surface area contributed by atoms with Gasteiger partial charge in [0.2, 0.25) is 0 Å². The standard InChI is InChI=1S/C18H16N4O4/c1-11-12(7-5-9-15(11)22(25)26)18(24)21(2)10-16-19-14-8-4-3-6-13(14)17(23)20-16/h3-9H,10H2,1-2H3,(H,19,20,23). The van der Waals surface area contributed by atoms with Gasteiger partial charge in [0.25, 0.3) is 17.2 Å². The summed E-state index contributed by atoms with van der Waals surface area (Å²) in [6.07, 6.45) is 0. The van der Waals surface area contributed by atoms with Crippen LogP contribution in [0.5, 0.6) is 0 Å². The third kappa shape index (κ3) is 3.16. The molecule has 0 bridgehead atoms. The van der Waals surface area contributed by atoms with Gasteiger partial charge in [-0.05, 0) is 25.1 Å². The fourth-order valence-electron chi connectivity index (χ4n) is 2.76. The van der Waals surface area contributed by atoms with E-state index in [9.17, 15) is 19.7 Å². The fourth-order valence-corrected chi connectivity index (χ4v) is 2.76. The molecule has 1 aromatic heterocycles. The second-order valence-corrected chi connectivity index (χ2v) is 5.90. The van der Waals surface area contributed by atoms with E-state index in [0.717, 1.165) is 0 Å². The number of amides is 1. The van der Waals surface area contributed by atoms with Crippen molar-refractivity contribution in [3.05, 3.63) is 79.9 Å². The number of aromatic amines is 1. The first-order valence-corrected chi connectivity index (χ1v) is 7.86. The lowest BCUT2D eigenvalue weighted by Gasteiger charge is -2.18. The van der Waals surface area contributed by atoms with Gasteiger partial charge in [-0.25, -0.2) is 4.98 Å². The number of carbonyl (C=O) groups excluding carboxylic acids is 1. The van der Waals surface area contributed by atoms with Crippen LogP contribution in [0.15, 0.2) is 47.3 Å². The van der Waals surface area contributed by atoms with Crippen molar-refractivity contribution < 1.29 is 9.72 Å². The van der Waals surface area contributed by atoms with E-state index < -0.39 is 4.92 Å². The van der Waals surface area contributed by atoms with E-state index in [-0.39, 0.29) is 29.3 Å². The van der Waals surface area contributed by atoms with Crippen LogP contribution in [0.1, 0.15) is 21.7 Å². The van der Waals surface area contributed by atoms with E-state index in [1.165, 1.54) is 30.0 Å². The lowest BCUT2D eigenvalue weighted by molar-refractivity contribution is -0.385. The zero-order chi connectivity index (χ0) is 18.8. The largest absolute Gasteiger partial charge is 0.334 e. The molecule has 26 heavy (non-hydrogen) atoms. The average molecular weight is 352 g/mol. The maximum atomic E-state index is 12.7. The molecule has 0 spiro atoms. The number of benzene rings is 2. The maximum Gasteiger partial charge on any atom is 0.273 e. The van der Waals surface area contributed by atoms with Crippen LogP contribution in [0.25, 0.3) is 10.9 Å². The van der Waals surface area contributed by atoms with Crippen LogP contribution in [-0.2, 0) is 6.54 Å². The molecule has 0 radical (unpaired) electrons. The van der Waals surface area contributed by atoms with Gasteiger partial charge in [-0.3, -0.25) is 19.7 Å². The molecular weight excluding hydrogens is 336 g/mol. The Hall–Kier alpha value is -3.55. The average Bonchev–Trinajstić information content (AvgIpc) is 2.61. The van der Waals surface area contributed by atoms with Crippen LogP contribution in [0.4, 0.5) is 5.69 Å². The van der Waals surface area contributed by atoms with Crippen LogP contribution < -0.4 is 5.56 Å². The summed E-state index contributed by atoms with van der Waals surface area (Å²) in [5.74, 6) is -0.0466. The van der Waals surface area contributed by atoms with E-state index in [0.29, 0.717) is 22.3 Å². The highest BCUT2D eigenvalue weighted by Crippen LogP contribution is 2.22. The van der Waals surface area contributed by atoms with Gasteiger partial charge in [-0.15, -0.1) is 0 Å². The van der Waals surface area contributed by atoms with E-state index in [2.05, 4.69) is 9.97 Å². The number of rotatable bonds is 4. The summed E-state index contributed by atoms with van der Waals surface area (Å²) in [4.78, 5) is 43.7. The zero-order valence-electron chi connectivity index (χ0n) is 14.2. The first kappa shape index (κ1) is 17.3. The predicted molar refractivity (Wildman–Crippen MR) is 96.0 cm³/mol. The predicted octanol–water partition coefficient (Wildman–Crippen LogP) is 2.41. The molecule has 0 aliphatic carbocycles. The van der Waals surface area contributed by atoms with Crippen molar-refractivity contribution in [1.82, 2.24) is 14.9 Å². The third-order valence-electron chi connectivity index (χ3n) is 4.13. The monoisotopic (exact) mass is 352 g/mol. The molecule has 0 fully saturated rings. The summed E-state index contributed by atoms with van der Waals surface area (Å²) >= 11 is 0. The third-order valence-corrected chi connectivity index (χ3v) is 4.13. The van der Waals surface area contributed by atoms with Gasteiger partial charge in [0.05, 0.1) is 22.4 Å². The van der Waals surface area contributed by atoms with Crippen molar-refractivity contribution in [3.63, 3.8) is 0 Å². The number of carbonyl (C=O) groups is 1. The minimum Gasteiger partial charge on any atom is -0.334 e. The van der Waals surface area contributed by atoms with Gasteiger partial charge in [-0.2, -0.15) is 0 Å². The lowest BCUT2D eigenvalue weighted by atomic mass is 10.1.